The molecule has 0 spiro atoms. The number of nitrogens with zero attached hydrogens (tertiary/aromatic N) is 4. The van der Waals surface area contributed by atoms with E-state index in [9.17, 15) is 4.79 Å². The van der Waals surface area contributed by atoms with Gasteiger partial charge in [-0.25, -0.2) is 14.5 Å². The SMILES string of the molecule is CC(C)CCNC(=O)c1nc2c3c4c(sc3ncn2n1)CCCC4. The minimum atomic E-state index is -0.211. The summed E-state index contributed by atoms with van der Waals surface area (Å²) >= 11 is 1.76. The molecule has 126 valence electrons. The molecule has 0 saturated heterocycles. The van der Waals surface area contributed by atoms with Gasteiger partial charge in [0.15, 0.2) is 5.65 Å². The molecule has 3 aromatic rings. The molecule has 0 saturated carbocycles. The van der Waals surface area contributed by atoms with Crippen LogP contribution < -0.4 is 5.32 Å². The smallest absolute Gasteiger partial charge is 0.290 e. The third-order valence-corrected chi connectivity index (χ3v) is 5.70. The van der Waals surface area contributed by atoms with Crippen molar-refractivity contribution < 1.29 is 4.79 Å². The number of carbonyl (C=O) groups is 1. The summed E-state index contributed by atoms with van der Waals surface area (Å²) in [5, 5.41) is 8.31. The van der Waals surface area contributed by atoms with Gasteiger partial charge in [-0.05, 0) is 43.6 Å². The number of aromatic nitrogens is 4. The van der Waals surface area contributed by atoms with E-state index in [1.54, 1.807) is 22.2 Å². The van der Waals surface area contributed by atoms with Gasteiger partial charge in [-0.3, -0.25) is 4.79 Å². The second-order valence-corrected chi connectivity index (χ2v) is 7.86. The summed E-state index contributed by atoms with van der Waals surface area (Å²) in [6.45, 7) is 4.92. The van der Waals surface area contributed by atoms with Crippen LogP contribution in [-0.2, 0) is 12.8 Å². The summed E-state index contributed by atoms with van der Waals surface area (Å²) < 4.78 is 1.64. The first-order chi connectivity index (χ1) is 11.6. The van der Waals surface area contributed by atoms with Gasteiger partial charge in [-0.2, -0.15) is 0 Å². The van der Waals surface area contributed by atoms with Crippen LogP contribution in [0.3, 0.4) is 0 Å². The summed E-state index contributed by atoms with van der Waals surface area (Å²) in [6, 6.07) is 0. The molecular weight excluding hydrogens is 322 g/mol. The lowest BCUT2D eigenvalue weighted by atomic mass is 9.97. The van der Waals surface area contributed by atoms with Gasteiger partial charge < -0.3 is 5.32 Å². The zero-order valence-electron chi connectivity index (χ0n) is 14.0. The first-order valence-electron chi connectivity index (χ1n) is 8.57. The highest BCUT2D eigenvalue weighted by atomic mass is 32.1. The Morgan fingerprint density at radius 1 is 1.38 bits per heavy atom. The van der Waals surface area contributed by atoms with Gasteiger partial charge in [0.1, 0.15) is 11.2 Å². The maximum Gasteiger partial charge on any atom is 0.290 e. The fourth-order valence-corrected chi connectivity index (χ4v) is 4.43. The van der Waals surface area contributed by atoms with E-state index < -0.39 is 0 Å². The Morgan fingerprint density at radius 3 is 3.04 bits per heavy atom. The van der Waals surface area contributed by atoms with Crippen molar-refractivity contribution in [2.75, 3.05) is 6.54 Å². The van der Waals surface area contributed by atoms with Crippen LogP contribution in [0, 0.1) is 5.92 Å². The van der Waals surface area contributed by atoms with Crippen molar-refractivity contribution in [3.63, 3.8) is 0 Å². The van der Waals surface area contributed by atoms with Crippen molar-refractivity contribution in [1.29, 1.82) is 0 Å². The largest absolute Gasteiger partial charge is 0.349 e. The van der Waals surface area contributed by atoms with E-state index in [1.807, 2.05) is 0 Å². The third-order valence-electron chi connectivity index (χ3n) is 4.50. The highest BCUT2D eigenvalue weighted by molar-refractivity contribution is 7.19. The molecule has 1 aliphatic carbocycles. The molecule has 0 radical (unpaired) electrons. The van der Waals surface area contributed by atoms with E-state index in [-0.39, 0.29) is 11.7 Å². The Bertz CT molecular complexity index is 911. The van der Waals surface area contributed by atoms with Crippen LogP contribution in [0.1, 0.15) is 54.2 Å². The van der Waals surface area contributed by atoms with Crippen molar-refractivity contribution in [3.05, 3.63) is 22.6 Å². The van der Waals surface area contributed by atoms with E-state index in [2.05, 4.69) is 34.2 Å². The number of nitrogens with one attached hydrogen (secondary N) is 1. The minimum Gasteiger partial charge on any atom is -0.349 e. The highest BCUT2D eigenvalue weighted by Gasteiger charge is 2.22. The quantitative estimate of drug-likeness (QED) is 0.790. The van der Waals surface area contributed by atoms with Crippen LogP contribution in [-0.4, -0.2) is 32.0 Å². The molecule has 1 aliphatic rings. The Labute approximate surface area is 144 Å². The predicted octanol–water partition coefficient (Wildman–Crippen LogP) is 2.99. The van der Waals surface area contributed by atoms with E-state index in [0.29, 0.717) is 12.5 Å². The lowest BCUT2D eigenvalue weighted by molar-refractivity contribution is 0.0942. The zero-order chi connectivity index (χ0) is 16.7. The van der Waals surface area contributed by atoms with Crippen molar-refractivity contribution in [2.24, 2.45) is 5.92 Å². The molecule has 0 bridgehead atoms. The van der Waals surface area contributed by atoms with Gasteiger partial charge in [0.05, 0.1) is 5.39 Å². The van der Waals surface area contributed by atoms with Gasteiger partial charge in [-0.1, -0.05) is 13.8 Å². The first kappa shape index (κ1) is 15.5. The number of hydrogen-bond acceptors (Lipinski definition) is 5. The van der Waals surface area contributed by atoms with Crippen LogP contribution >= 0.6 is 11.3 Å². The molecule has 1 amide bonds. The van der Waals surface area contributed by atoms with Crippen molar-refractivity contribution >= 4 is 33.1 Å². The van der Waals surface area contributed by atoms with Gasteiger partial charge in [0, 0.05) is 11.4 Å². The van der Waals surface area contributed by atoms with Crippen molar-refractivity contribution in [1.82, 2.24) is 24.9 Å². The molecule has 0 aromatic carbocycles. The van der Waals surface area contributed by atoms with Crippen LogP contribution in [0.4, 0.5) is 0 Å². The van der Waals surface area contributed by atoms with Crippen molar-refractivity contribution in [2.45, 2.75) is 46.0 Å². The average Bonchev–Trinajstić information content (AvgIpc) is 3.14. The molecule has 3 aromatic heterocycles. The number of aryl methyl sites for hydroxylation is 2. The molecule has 3 heterocycles. The van der Waals surface area contributed by atoms with E-state index in [1.165, 1.54) is 23.3 Å². The Balaban J connectivity index is 1.71. The molecule has 0 unspecified atom stereocenters. The lowest BCUT2D eigenvalue weighted by Crippen LogP contribution is -2.26. The molecule has 4 rings (SSSR count). The molecule has 24 heavy (non-hydrogen) atoms. The third kappa shape index (κ3) is 2.66. The second kappa shape index (κ2) is 6.12. The summed E-state index contributed by atoms with van der Waals surface area (Å²) in [5.74, 6) is 0.570. The topological polar surface area (TPSA) is 72.2 Å². The Kier molecular flexibility index (Phi) is 3.96. The van der Waals surface area contributed by atoms with Crippen molar-refractivity contribution in [3.8, 4) is 0 Å². The maximum atomic E-state index is 12.3. The van der Waals surface area contributed by atoms with Crippen LogP contribution in [0.5, 0.6) is 0 Å². The molecular formula is C17H21N5OS. The minimum absolute atomic E-state index is 0.211. The fourth-order valence-electron chi connectivity index (χ4n) is 3.20. The van der Waals surface area contributed by atoms with Gasteiger partial charge in [-0.15, -0.1) is 16.4 Å². The lowest BCUT2D eigenvalue weighted by Gasteiger charge is -2.09. The molecule has 0 fully saturated rings. The average molecular weight is 343 g/mol. The number of carbonyl (C=O) groups excluding carboxylic acids is 1. The van der Waals surface area contributed by atoms with Crippen LogP contribution in [0.25, 0.3) is 15.9 Å². The standard InChI is InChI=1S/C17H21N5OS/c1-10(2)7-8-18-16(23)14-20-15-13-11-5-3-4-6-12(11)24-17(13)19-9-22(15)21-14/h9-10H,3-8H2,1-2H3,(H,18,23). The molecule has 7 heteroatoms. The van der Waals surface area contributed by atoms with Gasteiger partial charge in [0.2, 0.25) is 5.82 Å². The molecule has 1 N–H and O–H groups in total. The van der Waals surface area contributed by atoms with E-state index in [4.69, 9.17) is 0 Å². The van der Waals surface area contributed by atoms with Crippen LogP contribution in [0.15, 0.2) is 6.33 Å². The summed E-state index contributed by atoms with van der Waals surface area (Å²) in [4.78, 5) is 23.8. The monoisotopic (exact) mass is 343 g/mol. The molecule has 6 nitrogen and oxygen atoms in total. The number of fused-ring (bicyclic) bond motifs is 5. The summed E-state index contributed by atoms with van der Waals surface area (Å²) in [6.07, 6.45) is 7.25. The fraction of sp³-hybridized carbons (Fsp3) is 0.529. The highest BCUT2D eigenvalue weighted by Crippen LogP contribution is 2.36. The maximum absolute atomic E-state index is 12.3. The first-order valence-corrected chi connectivity index (χ1v) is 9.39. The van der Waals surface area contributed by atoms with Gasteiger partial charge in [0.25, 0.3) is 5.91 Å². The van der Waals surface area contributed by atoms with Gasteiger partial charge >= 0.3 is 0 Å². The predicted molar refractivity (Wildman–Crippen MR) is 94.6 cm³/mol. The van der Waals surface area contributed by atoms with E-state index in [0.717, 1.165) is 35.1 Å². The number of thiophene rings is 1. The Hall–Kier alpha value is -2.02. The number of amides is 1. The zero-order valence-corrected chi connectivity index (χ0v) is 14.8. The Morgan fingerprint density at radius 2 is 2.21 bits per heavy atom. The normalized spacial score (nSPS) is 14.5. The van der Waals surface area contributed by atoms with E-state index >= 15 is 0 Å². The molecule has 0 atom stereocenters. The summed E-state index contributed by atoms with van der Waals surface area (Å²) in [7, 11) is 0. The second-order valence-electron chi connectivity index (χ2n) is 6.78. The molecule has 0 aliphatic heterocycles. The number of hydrogen-bond donors (Lipinski definition) is 1. The summed E-state index contributed by atoms with van der Waals surface area (Å²) in [5.41, 5.74) is 2.12. The number of rotatable bonds is 4. The van der Waals surface area contributed by atoms with Crippen LogP contribution in [0.2, 0.25) is 0 Å².